The van der Waals surface area contributed by atoms with Gasteiger partial charge in [-0.05, 0) is 0 Å². The van der Waals surface area contributed by atoms with Gasteiger partial charge in [0.2, 0.25) is 23.6 Å². The number of ether oxygens (including phenoxy) is 13. The summed E-state index contributed by atoms with van der Waals surface area (Å²) < 4.78 is 75.1. The lowest BCUT2D eigenvalue weighted by Gasteiger charge is -2.51. The van der Waals surface area contributed by atoms with Crippen LogP contribution in [0, 0.1) is 0 Å². The Hall–Kier alpha value is -3.97. The number of aliphatic hydroxyl groups excluding tert-OH is 20. The summed E-state index contributed by atoms with van der Waals surface area (Å²) in [5, 5.41) is 238. The monoisotopic (exact) mass is 1400 g/mol. The minimum atomic E-state index is -3.24. The van der Waals surface area contributed by atoms with Gasteiger partial charge in [0.15, 0.2) is 37.7 Å². The van der Waals surface area contributed by atoms with Crippen LogP contribution in [-0.2, 0) is 85.6 Å². The summed E-state index contributed by atoms with van der Waals surface area (Å²) in [5.41, 5.74) is 0. The van der Waals surface area contributed by atoms with Gasteiger partial charge >= 0.3 is 5.97 Å². The maximum Gasteiger partial charge on any atom is 0.364 e. The van der Waals surface area contributed by atoms with Crippen LogP contribution in [0.3, 0.4) is 0 Å². The summed E-state index contributed by atoms with van der Waals surface area (Å²) in [6, 6.07) is -7.13. The first-order valence-electron chi connectivity index (χ1n) is 30.2. The van der Waals surface area contributed by atoms with E-state index >= 15 is 0 Å². The second-order valence-electron chi connectivity index (χ2n) is 24.0. The minimum absolute atomic E-state index is 0.844. The highest BCUT2D eigenvalue weighted by Crippen LogP contribution is 2.40. The number of amides is 4. The van der Waals surface area contributed by atoms with Crippen LogP contribution in [0.15, 0.2) is 0 Å². The minimum Gasteiger partial charge on any atom is -0.477 e. The predicted octanol–water partition coefficient (Wildman–Crippen LogP) is -16.5. The Morgan fingerprint density at radius 3 is 1.34 bits per heavy atom. The van der Waals surface area contributed by atoms with Crippen LogP contribution < -0.4 is 21.3 Å². The largest absolute Gasteiger partial charge is 0.477 e. The average molecular weight is 1410 g/mol. The van der Waals surface area contributed by atoms with E-state index in [1.165, 1.54) is 0 Å². The van der Waals surface area contributed by atoms with Crippen molar-refractivity contribution in [1.82, 2.24) is 21.3 Å². The van der Waals surface area contributed by atoms with Gasteiger partial charge in [0.05, 0.1) is 58.4 Å². The van der Waals surface area contributed by atoms with Crippen molar-refractivity contribution in [2.45, 2.75) is 254 Å². The van der Waals surface area contributed by atoms with Crippen molar-refractivity contribution in [1.29, 1.82) is 0 Å². The molecule has 96 heavy (non-hydrogen) atoms. The number of rotatable bonds is 26. The molecule has 43 heteroatoms. The highest BCUT2D eigenvalue weighted by molar-refractivity contribution is 5.77. The van der Waals surface area contributed by atoms with Crippen LogP contribution in [0.5, 0.6) is 0 Å². The van der Waals surface area contributed by atoms with Gasteiger partial charge in [-0.3, -0.25) is 19.2 Å². The first-order chi connectivity index (χ1) is 45.2. The number of nitrogens with one attached hydrogen (secondary N) is 4. The van der Waals surface area contributed by atoms with Crippen molar-refractivity contribution in [3.63, 3.8) is 0 Å². The number of aliphatic hydroxyl groups is 20. The fourth-order valence-electron chi connectivity index (χ4n) is 12.2. The molecule has 0 saturated carbocycles. The number of aliphatic carboxylic acids is 1. The second kappa shape index (κ2) is 34.1. The molecule has 0 bridgehead atoms. The first kappa shape index (κ1) is 79.4. The number of carbonyl (C=O) groups is 5. The topological polar surface area (TPSA) is 678 Å². The molecule has 0 aliphatic carbocycles. The van der Waals surface area contributed by atoms with Crippen molar-refractivity contribution in [3.05, 3.63) is 0 Å². The summed E-state index contributed by atoms with van der Waals surface area (Å²) in [6.07, 6.45) is -64.4. The molecule has 0 spiro atoms. The van der Waals surface area contributed by atoms with E-state index in [0.717, 1.165) is 27.7 Å². The number of hydrogen-bond donors (Lipinski definition) is 25. The lowest BCUT2D eigenvalue weighted by Crippen LogP contribution is -2.71. The lowest BCUT2D eigenvalue weighted by molar-refractivity contribution is -0.382. The molecule has 7 aliphatic rings. The predicted molar refractivity (Wildman–Crippen MR) is 295 cm³/mol. The summed E-state index contributed by atoms with van der Waals surface area (Å²) >= 11 is 0. The third kappa shape index (κ3) is 17.5. The summed E-state index contributed by atoms with van der Waals surface area (Å²) in [6.45, 7) is -3.54. The Morgan fingerprint density at radius 2 is 0.833 bits per heavy atom. The van der Waals surface area contributed by atoms with Gasteiger partial charge in [0, 0.05) is 34.1 Å². The summed E-state index contributed by atoms with van der Waals surface area (Å²) in [5.74, 6) is -8.86. The summed E-state index contributed by atoms with van der Waals surface area (Å²) in [4.78, 5) is 63.3. The van der Waals surface area contributed by atoms with Gasteiger partial charge < -0.3 is 190 Å². The Morgan fingerprint density at radius 1 is 0.427 bits per heavy atom. The fourth-order valence-corrected chi connectivity index (χ4v) is 12.2. The zero-order chi connectivity index (χ0) is 71.3. The van der Waals surface area contributed by atoms with Gasteiger partial charge in [0.25, 0.3) is 5.79 Å². The molecule has 7 fully saturated rings. The smallest absolute Gasteiger partial charge is 0.364 e. The van der Waals surface area contributed by atoms with E-state index in [-0.39, 0.29) is 0 Å². The van der Waals surface area contributed by atoms with E-state index in [1.807, 2.05) is 0 Å². The van der Waals surface area contributed by atoms with Crippen molar-refractivity contribution in [2.75, 3.05) is 46.2 Å². The molecule has 36 atom stereocenters. The Labute approximate surface area is 543 Å². The highest BCUT2D eigenvalue weighted by Gasteiger charge is 2.62. The normalized spacial score (nSPS) is 46.0. The van der Waals surface area contributed by atoms with Crippen LogP contribution in [0.4, 0.5) is 0 Å². The third-order valence-electron chi connectivity index (χ3n) is 17.1. The molecule has 0 radical (unpaired) electrons. The molecule has 0 aromatic rings. The number of carbonyl (C=O) groups excluding carboxylic acids is 4. The van der Waals surface area contributed by atoms with Crippen molar-refractivity contribution >= 4 is 29.6 Å². The van der Waals surface area contributed by atoms with Crippen LogP contribution in [0.1, 0.15) is 34.1 Å². The third-order valence-corrected chi connectivity index (χ3v) is 17.1. The molecule has 0 aromatic heterocycles. The highest BCUT2D eigenvalue weighted by atomic mass is 16.8. The first-order valence-corrected chi connectivity index (χ1v) is 30.2. The van der Waals surface area contributed by atoms with E-state index in [1.54, 1.807) is 0 Å². The van der Waals surface area contributed by atoms with Gasteiger partial charge in [-0.15, -0.1) is 0 Å². The molecule has 7 heterocycles. The van der Waals surface area contributed by atoms with Crippen LogP contribution in [0.2, 0.25) is 0 Å². The molecule has 43 nitrogen and oxygen atoms in total. The molecule has 7 rings (SSSR count). The van der Waals surface area contributed by atoms with Gasteiger partial charge in [-0.2, -0.15) is 0 Å². The van der Waals surface area contributed by atoms with E-state index in [2.05, 4.69) is 21.3 Å². The Bertz CT molecular complexity index is 2540. The van der Waals surface area contributed by atoms with Gasteiger partial charge in [-0.25, -0.2) is 4.79 Å². The molecule has 7 aliphatic heterocycles. The SMILES string of the molecule is CC(=O)N[C@H]1[C@H](OC[C@H]2OC(O)[C@H](NC(C)=O)[C@@H](O[C@@H]3O[C@H](CO)[C@H](O)[C@H](O[C@]4(C(=O)O)C[C@H](O)[C@@H](NC(C)=O)[C@H]([C@H](O)[C@H](O)CO)O4)[C@H]3O)[C@H]2O)O[C@H](CO)[C@@H](O[C@@H]2O[C@H](CO)[C@H](O)[C@H](O[C@@H]3O[C@H](CO)[C@@H](O)[C@H](O[C@@H]4O[C@H](CO)[C@H](O)[C@H](O)[C@H]4O)[C@H]3NC(C)=O)[C@H]2O)[C@@H]1O. The molecule has 4 amide bonds. The zero-order valence-electron chi connectivity index (χ0n) is 51.6. The Kier molecular flexibility index (Phi) is 28.2. The van der Waals surface area contributed by atoms with E-state index in [0.29, 0.717) is 0 Å². The van der Waals surface area contributed by atoms with Crippen LogP contribution in [-0.4, -0.2) is 403 Å². The Balaban J connectivity index is 1.09. The fraction of sp³-hybridized carbons (Fsp3) is 0.906. The zero-order valence-corrected chi connectivity index (χ0v) is 51.6. The van der Waals surface area contributed by atoms with E-state index in [4.69, 9.17) is 61.6 Å². The number of carboxylic acid groups (broad SMARTS) is 1. The quantitative estimate of drug-likeness (QED) is 0.0382. The molecular formula is C53H88N4O39. The van der Waals surface area contributed by atoms with Gasteiger partial charge in [-0.1, -0.05) is 0 Å². The maximum absolute atomic E-state index is 13.1. The van der Waals surface area contributed by atoms with E-state index < -0.39 is 303 Å². The average Bonchev–Trinajstić information content (AvgIpc) is 0.765. The molecule has 0 aromatic carbocycles. The van der Waals surface area contributed by atoms with Crippen molar-refractivity contribution in [3.8, 4) is 0 Å². The van der Waals surface area contributed by atoms with Crippen LogP contribution in [0.25, 0.3) is 0 Å². The lowest BCUT2D eigenvalue weighted by atomic mass is 9.88. The maximum atomic E-state index is 13.1. The standard InChI is InChI=1S/C53H88N4O39/c1-13(64)54-25-17(68)5-53(52(82)83,95-43(25)29(70)18(69)6-58)96-45-33(74)22(10-62)89-51(39(45)80)92-41-27(56-15(3)66)46(81)85-24(34(41)75)12-84-47-26(55-14(2)65)35(76)40(23(11-63)90-47)91-50-38(79)44(32(73)21(9-61)88-50)94-48-28(57-16(4)67)42(31(72)20(8-60)86-48)93-49-37(78)36(77)30(71)19(7-59)87-49/h17-51,58-63,68-81H,5-12H2,1-4H3,(H,54,64)(H,55,65)(H,56,66)(H,57,67)(H,82,83)/t17-,18+,19+,20+,21+,22+,23+,24+,25+,26+,27+,28+,29+,30-,31+,32-,33-,34-,35+,36-,37+,38+,39+,40+,41+,42+,43+,44-,45-,46?,47+,48-,49-,50-,51-,53-/m0/s1. The molecular weight excluding hydrogens is 1320 g/mol. The van der Waals surface area contributed by atoms with Crippen LogP contribution >= 0.6 is 0 Å². The molecule has 554 valence electrons. The number of hydrogen-bond acceptors (Lipinski definition) is 38. The molecule has 7 saturated heterocycles. The molecule has 1 unspecified atom stereocenters. The van der Waals surface area contributed by atoms with E-state index in [9.17, 15) is 131 Å². The van der Waals surface area contributed by atoms with Crippen molar-refractivity contribution in [2.24, 2.45) is 0 Å². The molecule has 25 N–H and O–H groups in total. The van der Waals surface area contributed by atoms with Crippen molar-refractivity contribution < 1.29 is 193 Å². The second-order valence-corrected chi connectivity index (χ2v) is 24.0. The van der Waals surface area contributed by atoms with Gasteiger partial charge in [0.1, 0.15) is 165 Å². The summed E-state index contributed by atoms with van der Waals surface area (Å²) in [7, 11) is 0. The number of carboxylic acids is 1.